The second-order valence-corrected chi connectivity index (χ2v) is 6.50. The lowest BCUT2D eigenvalue weighted by Gasteiger charge is -2.18. The number of carbonyl (C=O) groups excluding carboxylic acids is 1. The molecule has 0 aliphatic heterocycles. The van der Waals surface area contributed by atoms with E-state index in [-0.39, 0.29) is 6.61 Å². The van der Waals surface area contributed by atoms with E-state index in [1.54, 1.807) is 19.9 Å². The molecule has 0 N–H and O–H groups in total. The summed E-state index contributed by atoms with van der Waals surface area (Å²) in [4.78, 5) is 12.0. The average molecular weight is 364 g/mol. The zero-order valence-electron chi connectivity index (χ0n) is 15.6. The van der Waals surface area contributed by atoms with Crippen LogP contribution in [0.5, 0.6) is 0 Å². The zero-order chi connectivity index (χ0) is 19.6. The third-order valence-corrected chi connectivity index (χ3v) is 4.79. The molecule has 26 heavy (non-hydrogen) atoms. The molecule has 0 bridgehead atoms. The number of ether oxygens (including phenoxy) is 1. The maximum Gasteiger partial charge on any atom is 0.416 e. The zero-order valence-corrected chi connectivity index (χ0v) is 15.6. The van der Waals surface area contributed by atoms with Crippen LogP contribution in [0, 0.1) is 20.8 Å². The molecule has 0 amide bonds. The Morgan fingerprint density at radius 1 is 1.08 bits per heavy atom. The number of benzene rings is 2. The number of carbonyl (C=O) groups is 1. The van der Waals surface area contributed by atoms with Gasteiger partial charge in [-0.3, -0.25) is 4.79 Å². The van der Waals surface area contributed by atoms with Crippen LogP contribution in [-0.4, -0.2) is 12.6 Å². The van der Waals surface area contributed by atoms with Crippen molar-refractivity contribution in [1.82, 2.24) is 0 Å². The fourth-order valence-electron chi connectivity index (χ4n) is 2.89. The fraction of sp³-hybridized carbons (Fsp3) is 0.381. The van der Waals surface area contributed by atoms with Gasteiger partial charge in [0.1, 0.15) is 0 Å². The summed E-state index contributed by atoms with van der Waals surface area (Å²) in [6.07, 6.45) is -4.49. The van der Waals surface area contributed by atoms with Gasteiger partial charge in [0.2, 0.25) is 0 Å². The molecule has 0 spiro atoms. The summed E-state index contributed by atoms with van der Waals surface area (Å²) in [5.74, 6) is -1.31. The first kappa shape index (κ1) is 20.0. The fourth-order valence-corrected chi connectivity index (χ4v) is 2.89. The van der Waals surface area contributed by atoms with Crippen molar-refractivity contribution >= 4 is 5.97 Å². The highest BCUT2D eigenvalue weighted by molar-refractivity contribution is 5.79. The van der Waals surface area contributed by atoms with Crippen molar-refractivity contribution in [3.8, 4) is 11.1 Å². The van der Waals surface area contributed by atoms with Crippen molar-refractivity contribution in [1.29, 1.82) is 0 Å². The van der Waals surface area contributed by atoms with Gasteiger partial charge in [0.25, 0.3) is 0 Å². The minimum atomic E-state index is -4.49. The highest BCUT2D eigenvalue weighted by Crippen LogP contribution is 2.37. The lowest BCUT2D eigenvalue weighted by Crippen LogP contribution is -2.14. The van der Waals surface area contributed by atoms with E-state index >= 15 is 0 Å². The van der Waals surface area contributed by atoms with E-state index < -0.39 is 23.6 Å². The highest BCUT2D eigenvalue weighted by atomic mass is 19.4. The largest absolute Gasteiger partial charge is 0.466 e. The summed E-state index contributed by atoms with van der Waals surface area (Å²) >= 11 is 0. The molecule has 0 aliphatic carbocycles. The molecule has 0 fully saturated rings. The Morgan fingerprint density at radius 2 is 1.73 bits per heavy atom. The molecule has 2 aromatic carbocycles. The van der Waals surface area contributed by atoms with Crippen LogP contribution in [0.2, 0.25) is 0 Å². The van der Waals surface area contributed by atoms with Gasteiger partial charge in [-0.15, -0.1) is 0 Å². The van der Waals surface area contributed by atoms with Crippen molar-refractivity contribution in [2.75, 3.05) is 6.61 Å². The Hall–Kier alpha value is -2.30. The number of rotatable bonds is 4. The molecule has 5 heteroatoms. The number of esters is 1. The number of hydrogen-bond donors (Lipinski definition) is 0. The van der Waals surface area contributed by atoms with Gasteiger partial charge in [-0.2, -0.15) is 13.2 Å². The number of hydrogen-bond acceptors (Lipinski definition) is 2. The van der Waals surface area contributed by atoms with Crippen LogP contribution >= 0.6 is 0 Å². The lowest BCUT2D eigenvalue weighted by atomic mass is 9.89. The van der Waals surface area contributed by atoms with Gasteiger partial charge in [-0.05, 0) is 80.1 Å². The van der Waals surface area contributed by atoms with Crippen LogP contribution < -0.4 is 0 Å². The summed E-state index contributed by atoms with van der Waals surface area (Å²) in [5.41, 5.74) is 3.77. The number of alkyl halides is 3. The smallest absolute Gasteiger partial charge is 0.416 e. The van der Waals surface area contributed by atoms with Gasteiger partial charge in [0, 0.05) is 0 Å². The molecule has 2 aromatic rings. The molecule has 2 rings (SSSR count). The molecule has 1 atom stereocenters. The van der Waals surface area contributed by atoms with Crippen LogP contribution in [0.15, 0.2) is 30.3 Å². The first-order chi connectivity index (χ1) is 12.1. The van der Waals surface area contributed by atoms with Gasteiger partial charge in [-0.1, -0.05) is 18.2 Å². The standard InChI is InChI=1S/C21H23F3O2/c1-6-26-20(25)15(5)16-9-17(11-18(10-16)21(22,23)24)19-8-7-12(2)13(3)14(19)4/h7-11,15H,6H2,1-5H3. The van der Waals surface area contributed by atoms with E-state index in [1.165, 1.54) is 0 Å². The Labute approximate surface area is 152 Å². The van der Waals surface area contributed by atoms with Crippen molar-refractivity contribution in [3.63, 3.8) is 0 Å². The second-order valence-electron chi connectivity index (χ2n) is 6.50. The Balaban J connectivity index is 2.65. The van der Waals surface area contributed by atoms with E-state index in [2.05, 4.69) is 0 Å². The van der Waals surface area contributed by atoms with Crippen LogP contribution in [0.4, 0.5) is 13.2 Å². The van der Waals surface area contributed by atoms with Gasteiger partial charge >= 0.3 is 12.1 Å². The Bertz CT molecular complexity index is 823. The maximum absolute atomic E-state index is 13.4. The number of halogens is 3. The molecular formula is C21H23F3O2. The molecule has 0 saturated heterocycles. The molecule has 140 valence electrons. The summed E-state index contributed by atoms with van der Waals surface area (Å²) in [6.45, 7) is 9.22. The molecule has 2 nitrogen and oxygen atoms in total. The quantitative estimate of drug-likeness (QED) is 0.625. The summed E-state index contributed by atoms with van der Waals surface area (Å²) in [7, 11) is 0. The third kappa shape index (κ3) is 4.09. The van der Waals surface area contributed by atoms with Crippen LogP contribution in [0.3, 0.4) is 0 Å². The van der Waals surface area contributed by atoms with Crippen LogP contribution in [-0.2, 0) is 15.7 Å². The molecule has 0 radical (unpaired) electrons. The summed E-state index contributed by atoms with van der Waals surface area (Å²) in [6, 6.07) is 7.53. The maximum atomic E-state index is 13.4. The van der Waals surface area contributed by atoms with Crippen LogP contribution in [0.25, 0.3) is 11.1 Å². The van der Waals surface area contributed by atoms with Gasteiger partial charge in [0.05, 0.1) is 18.1 Å². The summed E-state index contributed by atoms with van der Waals surface area (Å²) < 4.78 is 45.2. The summed E-state index contributed by atoms with van der Waals surface area (Å²) in [5, 5.41) is 0. The second kappa shape index (κ2) is 7.52. The van der Waals surface area contributed by atoms with Crippen LogP contribution in [0.1, 0.15) is 47.6 Å². The predicted molar refractivity (Wildman–Crippen MR) is 96.1 cm³/mol. The predicted octanol–water partition coefficient (Wildman–Crippen LogP) is 5.96. The molecule has 0 saturated carbocycles. The first-order valence-corrected chi connectivity index (χ1v) is 8.52. The molecule has 0 heterocycles. The van der Waals surface area contributed by atoms with E-state index in [0.29, 0.717) is 11.1 Å². The monoisotopic (exact) mass is 364 g/mol. The molecule has 0 aromatic heterocycles. The van der Waals surface area contributed by atoms with E-state index in [4.69, 9.17) is 4.74 Å². The SMILES string of the molecule is CCOC(=O)C(C)c1cc(-c2ccc(C)c(C)c2C)cc(C(F)(F)F)c1. The molecule has 1 unspecified atom stereocenters. The van der Waals surface area contributed by atoms with Gasteiger partial charge in [-0.25, -0.2) is 0 Å². The van der Waals surface area contributed by atoms with E-state index in [1.807, 2.05) is 32.9 Å². The Morgan fingerprint density at radius 3 is 2.31 bits per heavy atom. The van der Waals surface area contributed by atoms with E-state index in [9.17, 15) is 18.0 Å². The number of aryl methyl sites for hydroxylation is 1. The Kier molecular flexibility index (Phi) is 5.79. The topological polar surface area (TPSA) is 26.3 Å². The van der Waals surface area contributed by atoms with Crippen molar-refractivity contribution < 1.29 is 22.7 Å². The lowest BCUT2D eigenvalue weighted by molar-refractivity contribution is -0.144. The first-order valence-electron chi connectivity index (χ1n) is 8.52. The average Bonchev–Trinajstić information content (AvgIpc) is 2.58. The normalized spacial score (nSPS) is 12.8. The van der Waals surface area contributed by atoms with Gasteiger partial charge in [0.15, 0.2) is 0 Å². The minimum absolute atomic E-state index is 0.186. The van der Waals surface area contributed by atoms with E-state index in [0.717, 1.165) is 34.4 Å². The van der Waals surface area contributed by atoms with Crippen molar-refractivity contribution in [2.24, 2.45) is 0 Å². The molecular weight excluding hydrogens is 341 g/mol. The van der Waals surface area contributed by atoms with Crippen molar-refractivity contribution in [3.05, 3.63) is 58.1 Å². The third-order valence-electron chi connectivity index (χ3n) is 4.79. The van der Waals surface area contributed by atoms with Gasteiger partial charge < -0.3 is 4.74 Å². The highest BCUT2D eigenvalue weighted by Gasteiger charge is 2.32. The van der Waals surface area contributed by atoms with Crippen molar-refractivity contribution in [2.45, 2.75) is 46.7 Å². The minimum Gasteiger partial charge on any atom is -0.466 e. The molecule has 0 aliphatic rings.